The van der Waals surface area contributed by atoms with Gasteiger partial charge in [0.15, 0.2) is 5.82 Å². The Kier molecular flexibility index (Phi) is 8.60. The molecule has 12 heteroatoms. The number of ether oxygens (including phenoxy) is 1. The van der Waals surface area contributed by atoms with Crippen LogP contribution in [0.4, 0.5) is 14.5 Å². The molecule has 4 aromatic rings. The molecule has 0 unspecified atom stereocenters. The molecule has 3 aromatic heterocycles. The van der Waals surface area contributed by atoms with Gasteiger partial charge in [0.2, 0.25) is 21.7 Å². The van der Waals surface area contributed by atoms with Crippen molar-refractivity contribution in [3.63, 3.8) is 0 Å². The fraction of sp³-hybridized carbons (Fsp3) is 0.345. The molecule has 5 rings (SSSR count). The Morgan fingerprint density at radius 2 is 1.88 bits per heavy atom. The quantitative estimate of drug-likeness (QED) is 0.175. The lowest BCUT2D eigenvalue weighted by Crippen LogP contribution is -2.21. The van der Waals surface area contributed by atoms with Gasteiger partial charge in [0.1, 0.15) is 11.5 Å². The molecule has 41 heavy (non-hydrogen) atoms. The van der Waals surface area contributed by atoms with E-state index < -0.39 is 38.7 Å². The summed E-state index contributed by atoms with van der Waals surface area (Å²) in [5.41, 5.74) is 0.344. The molecule has 1 aliphatic heterocycles. The number of pyridine rings is 2. The van der Waals surface area contributed by atoms with Crippen LogP contribution in [0.25, 0.3) is 22.2 Å². The lowest BCUT2D eigenvalue weighted by atomic mass is 10.00. The van der Waals surface area contributed by atoms with Crippen molar-refractivity contribution in [1.29, 1.82) is 0 Å². The van der Waals surface area contributed by atoms with Crippen LogP contribution in [-0.4, -0.2) is 66.0 Å². The normalized spacial score (nSPS) is 14.0. The van der Waals surface area contributed by atoms with Gasteiger partial charge in [-0.3, -0.25) is 9.52 Å². The van der Waals surface area contributed by atoms with Crippen molar-refractivity contribution >= 4 is 32.5 Å². The number of likely N-dealkylation sites (tertiary alicyclic amines) is 1. The molecule has 216 valence electrons. The molecular weight excluding hydrogens is 552 g/mol. The molecule has 0 atom stereocenters. The van der Waals surface area contributed by atoms with Gasteiger partial charge in [-0.1, -0.05) is 6.92 Å². The fourth-order valence-electron chi connectivity index (χ4n) is 4.92. The fourth-order valence-corrected chi connectivity index (χ4v) is 6.05. The minimum Gasteiger partial charge on any atom is -0.478 e. The summed E-state index contributed by atoms with van der Waals surface area (Å²) in [6.07, 6.45) is 8.30. The van der Waals surface area contributed by atoms with E-state index in [1.807, 2.05) is 6.07 Å². The third-order valence-corrected chi connectivity index (χ3v) is 8.45. The number of fused-ring (bicyclic) bond motifs is 1. The zero-order valence-corrected chi connectivity index (χ0v) is 23.4. The highest BCUT2D eigenvalue weighted by Gasteiger charge is 2.26. The molecule has 1 saturated heterocycles. The minimum atomic E-state index is -3.86. The highest BCUT2D eigenvalue weighted by Crippen LogP contribution is 2.30. The maximum atomic E-state index is 15.3. The molecular formula is C29H31F2N5O4S. The van der Waals surface area contributed by atoms with E-state index in [2.05, 4.69) is 24.6 Å². The average molecular weight is 584 g/mol. The molecule has 0 bridgehead atoms. The number of ketones is 1. The van der Waals surface area contributed by atoms with E-state index in [0.29, 0.717) is 41.1 Å². The minimum absolute atomic E-state index is 0.00775. The number of nitrogens with zero attached hydrogens (tertiary/aromatic N) is 3. The number of hydrogen-bond donors (Lipinski definition) is 2. The summed E-state index contributed by atoms with van der Waals surface area (Å²) >= 11 is 0. The van der Waals surface area contributed by atoms with Crippen molar-refractivity contribution in [2.24, 2.45) is 0 Å². The van der Waals surface area contributed by atoms with Crippen LogP contribution >= 0.6 is 0 Å². The van der Waals surface area contributed by atoms with Gasteiger partial charge in [0.25, 0.3) is 0 Å². The van der Waals surface area contributed by atoms with Gasteiger partial charge in [0, 0.05) is 53.3 Å². The van der Waals surface area contributed by atoms with Gasteiger partial charge in [-0.05, 0) is 63.0 Å². The van der Waals surface area contributed by atoms with Crippen LogP contribution in [0.15, 0.2) is 48.9 Å². The Morgan fingerprint density at radius 1 is 1.10 bits per heavy atom. The molecule has 2 N–H and O–H groups in total. The largest absolute Gasteiger partial charge is 0.478 e. The molecule has 4 heterocycles. The Bertz CT molecular complexity index is 1650. The maximum Gasteiger partial charge on any atom is 0.232 e. The predicted octanol–water partition coefficient (Wildman–Crippen LogP) is 5.15. The first kappa shape index (κ1) is 28.6. The number of nitrogens with one attached hydrogen (secondary N) is 2. The van der Waals surface area contributed by atoms with Crippen LogP contribution in [0, 0.1) is 11.6 Å². The lowest BCUT2D eigenvalue weighted by Gasteiger charge is -2.14. The SMILES string of the molecule is CCCS(=O)(=O)Nc1ccc(F)c(C(=O)c2c[nH]c3ncc(-c4ccc(OCCCN5CCCC5)nc4)cc23)c1F. The second kappa shape index (κ2) is 12.3. The van der Waals surface area contributed by atoms with Crippen LogP contribution in [0.2, 0.25) is 0 Å². The van der Waals surface area contributed by atoms with Gasteiger partial charge >= 0.3 is 0 Å². The summed E-state index contributed by atoms with van der Waals surface area (Å²) in [6, 6.07) is 7.08. The number of H-pyrrole nitrogens is 1. The van der Waals surface area contributed by atoms with Crippen molar-refractivity contribution in [2.75, 3.05) is 36.7 Å². The zero-order chi connectivity index (χ0) is 29.0. The number of carbonyl (C=O) groups excluding carboxylic acids is 1. The van der Waals surface area contributed by atoms with Crippen LogP contribution in [0.1, 0.15) is 48.5 Å². The summed E-state index contributed by atoms with van der Waals surface area (Å²) in [5.74, 6) is -3.08. The number of anilines is 1. The molecule has 0 aliphatic carbocycles. The Hall–Kier alpha value is -3.90. The topological polar surface area (TPSA) is 117 Å². The number of aromatic amines is 1. The van der Waals surface area contributed by atoms with Crippen LogP contribution in [0.5, 0.6) is 5.88 Å². The second-order valence-electron chi connectivity index (χ2n) is 9.99. The van der Waals surface area contributed by atoms with E-state index in [1.165, 1.54) is 19.0 Å². The number of benzene rings is 1. The third kappa shape index (κ3) is 6.54. The molecule has 1 fully saturated rings. The molecule has 9 nitrogen and oxygen atoms in total. The van der Waals surface area contributed by atoms with E-state index in [-0.39, 0.29) is 11.3 Å². The summed E-state index contributed by atoms with van der Waals surface area (Å²) in [7, 11) is -3.86. The first-order chi connectivity index (χ1) is 19.8. The number of hydrogen-bond acceptors (Lipinski definition) is 7. The van der Waals surface area contributed by atoms with Crippen molar-refractivity contribution < 1.29 is 26.7 Å². The van der Waals surface area contributed by atoms with Gasteiger partial charge in [-0.15, -0.1) is 0 Å². The van der Waals surface area contributed by atoms with E-state index in [0.717, 1.165) is 38.2 Å². The standard InChI is InChI=1S/C29H31F2N5O4S/c1-2-14-41(38,39)35-24-8-7-23(30)26(27(24)31)28(37)22-18-34-29-21(22)15-20(17-33-29)19-6-9-25(32-16-19)40-13-5-12-36-10-3-4-11-36/h6-9,15-18,35H,2-5,10-14H2,1H3,(H,33,34). The zero-order valence-electron chi connectivity index (χ0n) is 22.6. The monoisotopic (exact) mass is 583 g/mol. The van der Waals surface area contributed by atoms with Crippen molar-refractivity contribution in [1.82, 2.24) is 19.9 Å². The van der Waals surface area contributed by atoms with Crippen LogP contribution < -0.4 is 9.46 Å². The number of halogens is 2. The molecule has 0 spiro atoms. The Labute approximate surface area is 237 Å². The van der Waals surface area contributed by atoms with Gasteiger partial charge in [-0.25, -0.2) is 27.2 Å². The third-order valence-electron chi connectivity index (χ3n) is 6.97. The average Bonchev–Trinajstić information content (AvgIpc) is 3.63. The summed E-state index contributed by atoms with van der Waals surface area (Å²) < 4.78 is 62.2. The second-order valence-corrected chi connectivity index (χ2v) is 11.8. The molecule has 0 amide bonds. The van der Waals surface area contributed by atoms with Crippen molar-refractivity contribution in [2.45, 2.75) is 32.6 Å². The summed E-state index contributed by atoms with van der Waals surface area (Å²) in [6.45, 7) is 5.53. The van der Waals surface area contributed by atoms with E-state index in [4.69, 9.17) is 4.74 Å². The molecule has 0 radical (unpaired) electrons. The number of carbonyl (C=O) groups is 1. The highest BCUT2D eigenvalue weighted by molar-refractivity contribution is 7.92. The van der Waals surface area contributed by atoms with E-state index in [9.17, 15) is 17.6 Å². The molecule has 0 saturated carbocycles. The van der Waals surface area contributed by atoms with E-state index >= 15 is 4.39 Å². The Balaban J connectivity index is 1.35. The first-order valence-corrected chi connectivity index (χ1v) is 15.2. The molecule has 1 aliphatic rings. The number of rotatable bonds is 12. The summed E-state index contributed by atoms with van der Waals surface area (Å²) in [4.78, 5) is 27.4. The van der Waals surface area contributed by atoms with E-state index in [1.54, 1.807) is 31.5 Å². The van der Waals surface area contributed by atoms with Gasteiger partial charge in [0.05, 0.1) is 23.6 Å². The van der Waals surface area contributed by atoms with Crippen molar-refractivity contribution in [3.05, 3.63) is 71.7 Å². The molecule has 1 aromatic carbocycles. The van der Waals surface area contributed by atoms with Crippen molar-refractivity contribution in [3.8, 4) is 17.0 Å². The van der Waals surface area contributed by atoms with Crippen LogP contribution in [0.3, 0.4) is 0 Å². The predicted molar refractivity (Wildman–Crippen MR) is 153 cm³/mol. The number of aromatic nitrogens is 3. The smallest absolute Gasteiger partial charge is 0.232 e. The summed E-state index contributed by atoms with van der Waals surface area (Å²) in [5, 5.41) is 0.352. The maximum absolute atomic E-state index is 15.3. The van der Waals surface area contributed by atoms with Crippen LogP contribution in [-0.2, 0) is 10.0 Å². The highest BCUT2D eigenvalue weighted by atomic mass is 32.2. The van der Waals surface area contributed by atoms with Gasteiger partial charge < -0.3 is 14.6 Å². The lowest BCUT2D eigenvalue weighted by molar-refractivity contribution is 0.103. The first-order valence-electron chi connectivity index (χ1n) is 13.6. The Morgan fingerprint density at radius 3 is 2.61 bits per heavy atom. The number of sulfonamides is 1. The van der Waals surface area contributed by atoms with Gasteiger partial charge in [-0.2, -0.15) is 0 Å².